The van der Waals surface area contributed by atoms with Crippen molar-refractivity contribution in [2.75, 3.05) is 13.4 Å². The minimum absolute atomic E-state index is 0.0957. The van der Waals surface area contributed by atoms with Gasteiger partial charge in [0.1, 0.15) is 26.1 Å². The quantitative estimate of drug-likeness (QED) is 0.458. The molecule has 1 aliphatic rings. The lowest BCUT2D eigenvalue weighted by molar-refractivity contribution is 0.176. The van der Waals surface area contributed by atoms with Gasteiger partial charge in [0, 0.05) is 0 Å². The van der Waals surface area contributed by atoms with E-state index in [1.165, 1.54) is 6.34 Å². The maximum Gasteiger partial charge on any atom is 0.127 e. The number of rotatable bonds is 2. The molecular formula is C4H8N4O. The lowest BCUT2D eigenvalue weighted by Gasteiger charge is -2.17. The van der Waals surface area contributed by atoms with Gasteiger partial charge in [0.05, 0.1) is 0 Å². The van der Waals surface area contributed by atoms with Crippen LogP contribution in [0.2, 0.25) is 0 Å². The van der Waals surface area contributed by atoms with Crippen LogP contribution in [0.1, 0.15) is 0 Å². The highest BCUT2D eigenvalue weighted by atomic mass is 16.3. The van der Waals surface area contributed by atoms with Gasteiger partial charge in [0.2, 0.25) is 0 Å². The van der Waals surface area contributed by atoms with E-state index in [4.69, 9.17) is 5.11 Å². The summed E-state index contributed by atoms with van der Waals surface area (Å²) in [5.41, 5.74) is 2.61. The molecule has 0 amide bonds. The van der Waals surface area contributed by atoms with Gasteiger partial charge in [-0.25, -0.2) is 10.4 Å². The van der Waals surface area contributed by atoms with Crippen molar-refractivity contribution in [3.05, 3.63) is 0 Å². The number of nitrogens with one attached hydrogen (secondary N) is 1. The zero-order chi connectivity index (χ0) is 6.53. The Labute approximate surface area is 52.7 Å². The van der Waals surface area contributed by atoms with Gasteiger partial charge >= 0.3 is 0 Å². The standard InChI is InChI=1S/C4H8N4O/c9-4-7-8-2-5-1-6-3-8/h1-2,7,9H,3-4H2. The van der Waals surface area contributed by atoms with Crippen LogP contribution in [0, 0.1) is 0 Å². The number of hydrogen-bond donors (Lipinski definition) is 2. The first kappa shape index (κ1) is 6.18. The molecule has 50 valence electrons. The van der Waals surface area contributed by atoms with Crippen LogP contribution in [-0.4, -0.2) is 36.2 Å². The molecule has 1 rings (SSSR count). The summed E-state index contributed by atoms with van der Waals surface area (Å²) in [7, 11) is 0. The van der Waals surface area contributed by atoms with Crippen LogP contribution < -0.4 is 5.43 Å². The molecule has 0 atom stereocenters. The van der Waals surface area contributed by atoms with Crippen molar-refractivity contribution in [3.63, 3.8) is 0 Å². The van der Waals surface area contributed by atoms with Gasteiger partial charge in [-0.2, -0.15) is 0 Å². The van der Waals surface area contributed by atoms with Crippen molar-refractivity contribution < 1.29 is 5.11 Å². The van der Waals surface area contributed by atoms with Crippen LogP contribution >= 0.6 is 0 Å². The van der Waals surface area contributed by atoms with E-state index < -0.39 is 0 Å². The van der Waals surface area contributed by atoms with Crippen molar-refractivity contribution in [3.8, 4) is 0 Å². The van der Waals surface area contributed by atoms with Crippen molar-refractivity contribution in [2.24, 2.45) is 9.98 Å². The predicted octanol–water partition coefficient (Wildman–Crippen LogP) is -1.23. The fourth-order valence-electron chi connectivity index (χ4n) is 0.500. The van der Waals surface area contributed by atoms with E-state index in [1.807, 2.05) is 0 Å². The average Bonchev–Trinajstić information content (AvgIpc) is 1.91. The second kappa shape index (κ2) is 3.16. The van der Waals surface area contributed by atoms with Crippen molar-refractivity contribution >= 4 is 12.7 Å². The third-order valence-electron chi connectivity index (χ3n) is 0.862. The predicted molar refractivity (Wildman–Crippen MR) is 33.9 cm³/mol. The number of aliphatic hydroxyl groups excluding tert-OH is 1. The summed E-state index contributed by atoms with van der Waals surface area (Å²) in [6.45, 7) is 0.408. The lowest BCUT2D eigenvalue weighted by Crippen LogP contribution is -2.38. The summed E-state index contributed by atoms with van der Waals surface area (Å²) in [5, 5.41) is 9.94. The molecule has 5 heteroatoms. The van der Waals surface area contributed by atoms with E-state index in [1.54, 1.807) is 11.3 Å². The number of nitrogens with zero attached hydrogens (tertiary/aromatic N) is 3. The fraction of sp³-hybridized carbons (Fsp3) is 0.500. The zero-order valence-electron chi connectivity index (χ0n) is 4.86. The lowest BCUT2D eigenvalue weighted by atomic mass is 10.9. The minimum Gasteiger partial charge on any atom is -0.380 e. The summed E-state index contributed by atoms with van der Waals surface area (Å²) in [5.74, 6) is 0. The number of aliphatic imine (C=N–C) groups is 2. The molecule has 0 spiro atoms. The minimum atomic E-state index is -0.0957. The molecule has 0 aromatic rings. The van der Waals surface area contributed by atoms with Crippen LogP contribution in [0.15, 0.2) is 9.98 Å². The molecule has 0 saturated heterocycles. The van der Waals surface area contributed by atoms with Crippen LogP contribution in [0.5, 0.6) is 0 Å². The molecule has 5 nitrogen and oxygen atoms in total. The molecule has 1 aliphatic heterocycles. The number of hydrazine groups is 1. The van der Waals surface area contributed by atoms with Gasteiger partial charge in [-0.3, -0.25) is 10.0 Å². The van der Waals surface area contributed by atoms with E-state index in [-0.39, 0.29) is 6.73 Å². The second-order valence-corrected chi connectivity index (χ2v) is 1.49. The van der Waals surface area contributed by atoms with Crippen LogP contribution in [-0.2, 0) is 0 Å². The fourth-order valence-corrected chi connectivity index (χ4v) is 0.500. The topological polar surface area (TPSA) is 60.2 Å². The van der Waals surface area contributed by atoms with Crippen LogP contribution in [0.3, 0.4) is 0 Å². The maximum absolute atomic E-state index is 8.35. The summed E-state index contributed by atoms with van der Waals surface area (Å²) in [6, 6.07) is 0. The van der Waals surface area contributed by atoms with E-state index >= 15 is 0 Å². The van der Waals surface area contributed by atoms with Gasteiger partial charge in [0.25, 0.3) is 0 Å². The Morgan fingerprint density at radius 1 is 1.78 bits per heavy atom. The number of hydrogen-bond acceptors (Lipinski definition) is 5. The van der Waals surface area contributed by atoms with Gasteiger partial charge in [-0.15, -0.1) is 0 Å². The molecular weight excluding hydrogens is 120 g/mol. The molecule has 1 heterocycles. The molecule has 0 unspecified atom stereocenters. The van der Waals surface area contributed by atoms with Crippen LogP contribution in [0.4, 0.5) is 0 Å². The SMILES string of the molecule is OCNN1C=NC=NC1. The summed E-state index contributed by atoms with van der Waals surface area (Å²) in [6.07, 6.45) is 3.03. The Kier molecular flexibility index (Phi) is 2.17. The Hall–Kier alpha value is -0.940. The molecule has 0 fully saturated rings. The summed E-state index contributed by atoms with van der Waals surface area (Å²) < 4.78 is 0. The monoisotopic (exact) mass is 128 g/mol. The van der Waals surface area contributed by atoms with Gasteiger partial charge in [0.15, 0.2) is 0 Å². The van der Waals surface area contributed by atoms with Crippen molar-refractivity contribution in [1.82, 2.24) is 10.4 Å². The first-order valence-corrected chi connectivity index (χ1v) is 2.56. The first-order valence-electron chi connectivity index (χ1n) is 2.56. The van der Waals surface area contributed by atoms with E-state index in [9.17, 15) is 0 Å². The smallest absolute Gasteiger partial charge is 0.127 e. The van der Waals surface area contributed by atoms with Crippen LogP contribution in [0.25, 0.3) is 0 Å². The molecule has 0 saturated carbocycles. The highest BCUT2D eigenvalue weighted by Gasteiger charge is 1.96. The Morgan fingerprint density at radius 3 is 3.22 bits per heavy atom. The maximum atomic E-state index is 8.35. The van der Waals surface area contributed by atoms with Crippen molar-refractivity contribution in [2.45, 2.75) is 0 Å². The summed E-state index contributed by atoms with van der Waals surface area (Å²) in [4.78, 5) is 7.52. The van der Waals surface area contributed by atoms with Gasteiger partial charge in [-0.1, -0.05) is 0 Å². The molecule has 0 radical (unpaired) electrons. The highest BCUT2D eigenvalue weighted by molar-refractivity contribution is 5.72. The van der Waals surface area contributed by atoms with E-state index in [0.717, 1.165) is 0 Å². The van der Waals surface area contributed by atoms with Gasteiger partial charge < -0.3 is 5.11 Å². The van der Waals surface area contributed by atoms with E-state index in [2.05, 4.69) is 15.4 Å². The molecule has 0 bridgehead atoms. The number of aliphatic hydroxyl groups is 1. The molecule has 0 aromatic carbocycles. The first-order chi connectivity index (χ1) is 4.43. The highest BCUT2D eigenvalue weighted by Crippen LogP contribution is 1.82. The second-order valence-electron chi connectivity index (χ2n) is 1.49. The Morgan fingerprint density at radius 2 is 2.67 bits per heavy atom. The molecule has 9 heavy (non-hydrogen) atoms. The Bertz CT molecular complexity index is 133. The van der Waals surface area contributed by atoms with Crippen molar-refractivity contribution in [1.29, 1.82) is 0 Å². The average molecular weight is 128 g/mol. The summed E-state index contributed by atoms with van der Waals surface area (Å²) >= 11 is 0. The molecule has 2 N–H and O–H groups in total. The Balaban J connectivity index is 2.28. The molecule has 0 aliphatic carbocycles. The normalized spacial score (nSPS) is 16.8. The largest absolute Gasteiger partial charge is 0.380 e. The third kappa shape index (κ3) is 1.79. The molecule has 0 aromatic heterocycles. The van der Waals surface area contributed by atoms with E-state index in [0.29, 0.717) is 6.67 Å². The zero-order valence-corrected chi connectivity index (χ0v) is 4.86. The third-order valence-corrected chi connectivity index (χ3v) is 0.862. The van der Waals surface area contributed by atoms with Gasteiger partial charge in [-0.05, 0) is 0 Å².